The van der Waals surface area contributed by atoms with E-state index >= 15 is 0 Å². The number of anilines is 2. The molecule has 0 unspecified atom stereocenters. The van der Waals surface area contributed by atoms with Crippen molar-refractivity contribution in [1.82, 2.24) is 9.97 Å². The Morgan fingerprint density at radius 2 is 2.00 bits per heavy atom. The SMILES string of the molecule is CN(c1cccc(I)c1)c1nc(Cl)nc2cc([N+](=O)[O-])ccc12. The maximum atomic E-state index is 10.9. The molecule has 0 atom stereocenters. The summed E-state index contributed by atoms with van der Waals surface area (Å²) in [5, 5.41) is 11.7. The Labute approximate surface area is 150 Å². The van der Waals surface area contributed by atoms with Gasteiger partial charge in [0.15, 0.2) is 0 Å². The summed E-state index contributed by atoms with van der Waals surface area (Å²) in [6, 6.07) is 12.4. The van der Waals surface area contributed by atoms with Gasteiger partial charge in [-0.25, -0.2) is 4.98 Å². The third-order valence-corrected chi connectivity index (χ3v) is 4.20. The first-order valence-corrected chi connectivity index (χ1v) is 8.02. The molecule has 0 aliphatic carbocycles. The molecule has 0 spiro atoms. The quantitative estimate of drug-likeness (QED) is 0.258. The van der Waals surface area contributed by atoms with Crippen LogP contribution < -0.4 is 4.90 Å². The van der Waals surface area contributed by atoms with Gasteiger partial charge >= 0.3 is 0 Å². The summed E-state index contributed by atoms with van der Waals surface area (Å²) < 4.78 is 1.09. The van der Waals surface area contributed by atoms with E-state index in [1.807, 2.05) is 36.2 Å². The minimum absolute atomic E-state index is 0.0323. The van der Waals surface area contributed by atoms with E-state index in [0.29, 0.717) is 16.7 Å². The Balaban J connectivity index is 2.18. The summed E-state index contributed by atoms with van der Waals surface area (Å²) in [4.78, 5) is 20.7. The molecule has 0 saturated carbocycles. The predicted molar refractivity (Wildman–Crippen MR) is 98.4 cm³/mol. The first-order valence-electron chi connectivity index (χ1n) is 6.56. The van der Waals surface area contributed by atoms with E-state index in [4.69, 9.17) is 11.6 Å². The van der Waals surface area contributed by atoms with Crippen molar-refractivity contribution in [2.75, 3.05) is 11.9 Å². The van der Waals surface area contributed by atoms with Crippen molar-refractivity contribution in [2.24, 2.45) is 0 Å². The summed E-state index contributed by atoms with van der Waals surface area (Å²) >= 11 is 8.23. The smallest absolute Gasteiger partial charge is 0.271 e. The zero-order chi connectivity index (χ0) is 16.6. The zero-order valence-electron chi connectivity index (χ0n) is 11.9. The number of aromatic nitrogens is 2. The normalized spacial score (nSPS) is 10.7. The molecular formula is C15H10ClIN4O2. The lowest BCUT2D eigenvalue weighted by molar-refractivity contribution is -0.384. The topological polar surface area (TPSA) is 72.2 Å². The van der Waals surface area contributed by atoms with Crippen LogP contribution in [0.4, 0.5) is 17.2 Å². The van der Waals surface area contributed by atoms with E-state index in [9.17, 15) is 10.1 Å². The molecule has 116 valence electrons. The van der Waals surface area contributed by atoms with Crippen molar-refractivity contribution in [1.29, 1.82) is 0 Å². The maximum absolute atomic E-state index is 10.9. The number of benzene rings is 2. The molecule has 0 N–H and O–H groups in total. The van der Waals surface area contributed by atoms with Crippen molar-refractivity contribution in [3.8, 4) is 0 Å². The lowest BCUT2D eigenvalue weighted by Crippen LogP contribution is -2.12. The van der Waals surface area contributed by atoms with Crippen molar-refractivity contribution < 1.29 is 4.92 Å². The van der Waals surface area contributed by atoms with Gasteiger partial charge in [0.25, 0.3) is 5.69 Å². The van der Waals surface area contributed by atoms with Crippen molar-refractivity contribution >= 4 is 62.3 Å². The highest BCUT2D eigenvalue weighted by Crippen LogP contribution is 2.32. The highest BCUT2D eigenvalue weighted by Gasteiger charge is 2.15. The number of hydrogen-bond acceptors (Lipinski definition) is 5. The van der Waals surface area contributed by atoms with Crippen LogP contribution in [0, 0.1) is 13.7 Å². The van der Waals surface area contributed by atoms with Crippen molar-refractivity contribution in [3.63, 3.8) is 0 Å². The van der Waals surface area contributed by atoms with Crippen molar-refractivity contribution in [2.45, 2.75) is 0 Å². The highest BCUT2D eigenvalue weighted by molar-refractivity contribution is 14.1. The van der Waals surface area contributed by atoms with Crippen LogP contribution in [0.15, 0.2) is 42.5 Å². The van der Waals surface area contributed by atoms with Gasteiger partial charge in [0.05, 0.1) is 10.4 Å². The minimum atomic E-state index is -0.460. The summed E-state index contributed by atoms with van der Waals surface area (Å²) in [6.45, 7) is 0. The molecule has 2 aromatic carbocycles. The summed E-state index contributed by atoms with van der Waals surface area (Å²) in [5.74, 6) is 0.594. The molecule has 6 nitrogen and oxygen atoms in total. The second kappa shape index (κ2) is 6.25. The van der Waals surface area contributed by atoms with Crippen LogP contribution in [-0.4, -0.2) is 21.9 Å². The second-order valence-electron chi connectivity index (χ2n) is 4.81. The van der Waals surface area contributed by atoms with Crippen LogP contribution in [0.25, 0.3) is 10.9 Å². The Morgan fingerprint density at radius 1 is 1.22 bits per heavy atom. The Morgan fingerprint density at radius 3 is 2.70 bits per heavy atom. The van der Waals surface area contributed by atoms with E-state index in [1.54, 1.807) is 6.07 Å². The van der Waals surface area contributed by atoms with E-state index in [0.717, 1.165) is 9.26 Å². The molecular weight excluding hydrogens is 431 g/mol. The fourth-order valence-electron chi connectivity index (χ4n) is 2.25. The van der Waals surface area contributed by atoms with Gasteiger partial charge < -0.3 is 4.90 Å². The van der Waals surface area contributed by atoms with Crippen LogP contribution in [0.1, 0.15) is 0 Å². The molecule has 0 aliphatic rings. The third kappa shape index (κ3) is 3.20. The number of nitrogens with zero attached hydrogens (tertiary/aromatic N) is 4. The number of nitro benzene ring substituents is 1. The molecule has 8 heteroatoms. The minimum Gasteiger partial charge on any atom is -0.329 e. The molecule has 0 amide bonds. The maximum Gasteiger partial charge on any atom is 0.271 e. The zero-order valence-corrected chi connectivity index (χ0v) is 14.8. The molecule has 0 aliphatic heterocycles. The predicted octanol–water partition coefficient (Wildman–Crippen LogP) is 4.56. The fraction of sp³-hybridized carbons (Fsp3) is 0.0667. The third-order valence-electron chi connectivity index (χ3n) is 3.36. The van der Waals surface area contributed by atoms with E-state index in [2.05, 4.69) is 32.6 Å². The summed E-state index contributed by atoms with van der Waals surface area (Å²) in [5.41, 5.74) is 1.34. The number of fused-ring (bicyclic) bond motifs is 1. The van der Waals surface area contributed by atoms with Crippen LogP contribution in [0.5, 0.6) is 0 Å². The molecule has 0 saturated heterocycles. The second-order valence-corrected chi connectivity index (χ2v) is 6.40. The number of hydrogen-bond donors (Lipinski definition) is 0. The van der Waals surface area contributed by atoms with Gasteiger partial charge in [-0.2, -0.15) is 4.98 Å². The molecule has 1 aromatic heterocycles. The van der Waals surface area contributed by atoms with Crippen LogP contribution in [0.3, 0.4) is 0 Å². The molecule has 0 bridgehead atoms. The van der Waals surface area contributed by atoms with Gasteiger partial charge in [-0.15, -0.1) is 0 Å². The molecule has 0 fully saturated rings. The van der Waals surface area contributed by atoms with Crippen LogP contribution in [0.2, 0.25) is 5.28 Å². The highest BCUT2D eigenvalue weighted by atomic mass is 127. The lowest BCUT2D eigenvalue weighted by atomic mass is 10.2. The van der Waals surface area contributed by atoms with E-state index in [1.165, 1.54) is 12.1 Å². The fourth-order valence-corrected chi connectivity index (χ4v) is 2.95. The van der Waals surface area contributed by atoms with Crippen molar-refractivity contribution in [3.05, 3.63) is 61.4 Å². The molecule has 1 heterocycles. The van der Waals surface area contributed by atoms with E-state index in [-0.39, 0.29) is 11.0 Å². The molecule has 0 radical (unpaired) electrons. The average molecular weight is 441 g/mol. The Kier molecular flexibility index (Phi) is 4.31. The number of halogens is 2. The number of non-ortho nitro benzene ring substituents is 1. The average Bonchev–Trinajstić information content (AvgIpc) is 2.52. The largest absolute Gasteiger partial charge is 0.329 e. The van der Waals surface area contributed by atoms with Gasteiger partial charge in [0.1, 0.15) is 5.82 Å². The van der Waals surface area contributed by atoms with Crippen LogP contribution in [-0.2, 0) is 0 Å². The van der Waals surface area contributed by atoms with Gasteiger partial charge in [-0.3, -0.25) is 10.1 Å². The standard InChI is InChI=1S/C15H10ClIN4O2/c1-20(10-4-2-3-9(17)7-10)14-12-6-5-11(21(22)23)8-13(12)18-15(16)19-14/h2-8H,1H3. The molecule has 3 aromatic rings. The molecule has 3 rings (SSSR count). The van der Waals surface area contributed by atoms with Gasteiger partial charge in [0, 0.05) is 33.8 Å². The number of rotatable bonds is 3. The summed E-state index contributed by atoms with van der Waals surface area (Å²) in [7, 11) is 1.87. The first kappa shape index (κ1) is 15.9. The Bertz CT molecular complexity index is 919. The summed E-state index contributed by atoms with van der Waals surface area (Å²) in [6.07, 6.45) is 0. The van der Waals surface area contributed by atoms with Gasteiger partial charge in [-0.1, -0.05) is 6.07 Å². The first-order chi connectivity index (χ1) is 11.0. The van der Waals surface area contributed by atoms with Crippen LogP contribution >= 0.6 is 34.2 Å². The van der Waals surface area contributed by atoms with Gasteiger partial charge in [-0.05, 0) is 58.5 Å². The van der Waals surface area contributed by atoms with Gasteiger partial charge in [0.2, 0.25) is 5.28 Å². The molecule has 23 heavy (non-hydrogen) atoms. The monoisotopic (exact) mass is 440 g/mol. The van der Waals surface area contributed by atoms with E-state index < -0.39 is 4.92 Å². The number of nitro groups is 1. The Hall–Kier alpha value is -2.00. The lowest BCUT2D eigenvalue weighted by Gasteiger charge is -2.20.